The maximum absolute atomic E-state index is 11.7. The third-order valence-electron chi connectivity index (χ3n) is 3.18. The van der Waals surface area contributed by atoms with E-state index in [1.165, 1.54) is 5.56 Å². The van der Waals surface area contributed by atoms with E-state index in [-0.39, 0.29) is 6.03 Å². The summed E-state index contributed by atoms with van der Waals surface area (Å²) >= 11 is 0. The molecule has 1 aromatic heterocycles. The number of urea groups is 1. The minimum absolute atomic E-state index is 0.182. The highest BCUT2D eigenvalue weighted by Crippen LogP contribution is 2.13. The second-order valence-electron chi connectivity index (χ2n) is 4.82. The topological polar surface area (TPSA) is 67.2 Å². The van der Waals surface area contributed by atoms with Crippen LogP contribution < -0.4 is 10.6 Å². The number of hydrogen-bond acceptors (Lipinski definition) is 3. The van der Waals surface area contributed by atoms with Crippen LogP contribution in [0.5, 0.6) is 0 Å². The van der Waals surface area contributed by atoms with Gasteiger partial charge in [-0.15, -0.1) is 0 Å². The number of benzene rings is 1. The molecule has 1 heterocycles. The molecule has 1 aromatic carbocycles. The van der Waals surface area contributed by atoms with E-state index < -0.39 is 0 Å². The van der Waals surface area contributed by atoms with Crippen molar-refractivity contribution in [3.63, 3.8) is 0 Å². The van der Waals surface area contributed by atoms with E-state index in [1.807, 2.05) is 32.0 Å². The predicted octanol–water partition coefficient (Wildman–Crippen LogP) is 3.05. The van der Waals surface area contributed by atoms with Gasteiger partial charge in [-0.2, -0.15) is 0 Å². The number of nitrogens with zero attached hydrogens (tertiary/aromatic N) is 1. The molecule has 0 fully saturated rings. The Bertz CT molecular complexity index is 565. The molecule has 106 valence electrons. The molecule has 2 N–H and O–H groups in total. The summed E-state index contributed by atoms with van der Waals surface area (Å²) in [6.45, 7) is 4.68. The van der Waals surface area contributed by atoms with Crippen molar-refractivity contribution in [1.82, 2.24) is 10.5 Å². The summed E-state index contributed by atoms with van der Waals surface area (Å²) in [5.74, 6) is 0. The monoisotopic (exact) mass is 273 g/mol. The van der Waals surface area contributed by atoms with Gasteiger partial charge in [0.1, 0.15) is 6.26 Å². The Labute approximate surface area is 118 Å². The zero-order valence-corrected chi connectivity index (χ0v) is 11.8. The molecule has 2 aromatic rings. The van der Waals surface area contributed by atoms with Crippen LogP contribution >= 0.6 is 0 Å². The van der Waals surface area contributed by atoms with Gasteiger partial charge in [-0.1, -0.05) is 11.2 Å². The molecule has 0 aliphatic heterocycles. The molecule has 0 saturated carbocycles. The van der Waals surface area contributed by atoms with Crippen molar-refractivity contribution in [2.75, 3.05) is 11.9 Å². The molecule has 0 bridgehead atoms. The first-order valence-corrected chi connectivity index (χ1v) is 6.65. The fraction of sp³-hybridized carbons (Fsp3) is 0.333. The average Bonchev–Trinajstić information content (AvgIpc) is 2.92. The summed E-state index contributed by atoms with van der Waals surface area (Å²) in [4.78, 5) is 11.7. The Morgan fingerprint density at radius 2 is 2.15 bits per heavy atom. The van der Waals surface area contributed by atoms with E-state index in [1.54, 1.807) is 12.5 Å². The van der Waals surface area contributed by atoms with Crippen LogP contribution in [0.3, 0.4) is 0 Å². The Balaban J connectivity index is 1.71. The van der Waals surface area contributed by atoms with Gasteiger partial charge in [-0.3, -0.25) is 0 Å². The number of hydrogen-bond donors (Lipinski definition) is 2. The van der Waals surface area contributed by atoms with E-state index in [4.69, 9.17) is 4.52 Å². The number of carbonyl (C=O) groups is 1. The number of carbonyl (C=O) groups excluding carboxylic acids is 1. The van der Waals surface area contributed by atoms with E-state index >= 15 is 0 Å². The highest BCUT2D eigenvalue weighted by Gasteiger charge is 2.02. The number of rotatable bonds is 5. The first-order chi connectivity index (χ1) is 9.65. The Morgan fingerprint density at radius 1 is 1.30 bits per heavy atom. The molecule has 0 aliphatic rings. The molecule has 5 heteroatoms. The van der Waals surface area contributed by atoms with Crippen molar-refractivity contribution in [3.05, 3.63) is 47.3 Å². The molecule has 0 spiro atoms. The van der Waals surface area contributed by atoms with Crippen LogP contribution in [-0.2, 0) is 6.42 Å². The van der Waals surface area contributed by atoms with Gasteiger partial charge in [-0.05, 0) is 49.9 Å². The normalized spacial score (nSPS) is 10.3. The van der Waals surface area contributed by atoms with Crippen LogP contribution in [0.15, 0.2) is 35.2 Å². The summed E-state index contributed by atoms with van der Waals surface area (Å²) < 4.78 is 4.74. The lowest BCUT2D eigenvalue weighted by atomic mass is 10.1. The second kappa shape index (κ2) is 6.75. The molecular formula is C15H19N3O2. The summed E-state index contributed by atoms with van der Waals surface area (Å²) in [5, 5.41) is 9.28. The maximum Gasteiger partial charge on any atom is 0.319 e. The first kappa shape index (κ1) is 14.1. The maximum atomic E-state index is 11.7. The lowest BCUT2D eigenvalue weighted by molar-refractivity contribution is 0.252. The van der Waals surface area contributed by atoms with Crippen molar-refractivity contribution in [2.24, 2.45) is 0 Å². The Kier molecular flexibility index (Phi) is 4.76. The smallest absolute Gasteiger partial charge is 0.319 e. The average molecular weight is 273 g/mol. The fourth-order valence-corrected chi connectivity index (χ4v) is 1.84. The summed E-state index contributed by atoms with van der Waals surface area (Å²) in [7, 11) is 0. The zero-order chi connectivity index (χ0) is 14.4. The van der Waals surface area contributed by atoms with Crippen LogP contribution in [0, 0.1) is 13.8 Å². The van der Waals surface area contributed by atoms with Crippen molar-refractivity contribution in [1.29, 1.82) is 0 Å². The largest absolute Gasteiger partial charge is 0.364 e. The highest BCUT2D eigenvalue weighted by molar-refractivity contribution is 5.89. The third-order valence-corrected chi connectivity index (χ3v) is 3.18. The second-order valence-corrected chi connectivity index (χ2v) is 4.82. The van der Waals surface area contributed by atoms with E-state index in [0.29, 0.717) is 6.54 Å². The SMILES string of the molecule is Cc1ccc(NC(=O)NCCCc2cnoc2)cc1C. The number of amides is 2. The van der Waals surface area contributed by atoms with Gasteiger partial charge in [0, 0.05) is 17.8 Å². The summed E-state index contributed by atoms with van der Waals surface area (Å²) in [5.41, 5.74) is 4.23. The van der Waals surface area contributed by atoms with E-state index in [9.17, 15) is 4.79 Å². The Morgan fingerprint density at radius 3 is 2.85 bits per heavy atom. The van der Waals surface area contributed by atoms with Gasteiger partial charge >= 0.3 is 6.03 Å². The van der Waals surface area contributed by atoms with Crippen LogP contribution in [-0.4, -0.2) is 17.7 Å². The predicted molar refractivity (Wildman–Crippen MR) is 77.8 cm³/mol. The molecule has 0 saturated heterocycles. The van der Waals surface area contributed by atoms with Gasteiger partial charge in [0.25, 0.3) is 0 Å². The summed E-state index contributed by atoms with van der Waals surface area (Å²) in [6, 6.07) is 5.68. The molecular weight excluding hydrogens is 254 g/mol. The van der Waals surface area contributed by atoms with Gasteiger partial charge in [0.15, 0.2) is 0 Å². The minimum Gasteiger partial charge on any atom is -0.364 e. The first-order valence-electron chi connectivity index (χ1n) is 6.65. The van der Waals surface area contributed by atoms with Crippen LogP contribution in [0.1, 0.15) is 23.1 Å². The third kappa shape index (κ3) is 4.12. The van der Waals surface area contributed by atoms with Gasteiger partial charge in [0.05, 0.1) is 6.20 Å². The number of aryl methyl sites for hydroxylation is 3. The van der Waals surface area contributed by atoms with Crippen LogP contribution in [0.25, 0.3) is 0 Å². The minimum atomic E-state index is -0.182. The van der Waals surface area contributed by atoms with Crippen molar-refractivity contribution in [3.8, 4) is 0 Å². The molecule has 0 aliphatic carbocycles. The summed E-state index contributed by atoms with van der Waals surface area (Å²) in [6.07, 6.45) is 5.00. The Hall–Kier alpha value is -2.30. The molecule has 5 nitrogen and oxygen atoms in total. The molecule has 0 atom stereocenters. The standard InChI is InChI=1S/C15H19N3O2/c1-11-5-6-14(8-12(11)2)18-15(19)16-7-3-4-13-9-17-20-10-13/h5-6,8-10H,3-4,7H2,1-2H3,(H2,16,18,19). The lowest BCUT2D eigenvalue weighted by Crippen LogP contribution is -2.29. The molecule has 2 amide bonds. The van der Waals surface area contributed by atoms with Crippen molar-refractivity contribution >= 4 is 11.7 Å². The molecule has 2 rings (SSSR count). The van der Waals surface area contributed by atoms with Crippen molar-refractivity contribution < 1.29 is 9.32 Å². The molecule has 0 radical (unpaired) electrons. The zero-order valence-electron chi connectivity index (χ0n) is 11.8. The van der Waals surface area contributed by atoms with Crippen LogP contribution in [0.2, 0.25) is 0 Å². The van der Waals surface area contributed by atoms with E-state index in [0.717, 1.165) is 29.7 Å². The number of aromatic nitrogens is 1. The fourth-order valence-electron chi connectivity index (χ4n) is 1.84. The quantitative estimate of drug-likeness (QED) is 0.823. The lowest BCUT2D eigenvalue weighted by Gasteiger charge is -2.09. The number of anilines is 1. The molecule has 20 heavy (non-hydrogen) atoms. The van der Waals surface area contributed by atoms with Crippen molar-refractivity contribution in [2.45, 2.75) is 26.7 Å². The van der Waals surface area contributed by atoms with Crippen LogP contribution in [0.4, 0.5) is 10.5 Å². The number of nitrogens with one attached hydrogen (secondary N) is 2. The molecule has 0 unspecified atom stereocenters. The van der Waals surface area contributed by atoms with Gasteiger partial charge < -0.3 is 15.2 Å². The van der Waals surface area contributed by atoms with Gasteiger partial charge in [0.2, 0.25) is 0 Å². The van der Waals surface area contributed by atoms with E-state index in [2.05, 4.69) is 15.8 Å². The van der Waals surface area contributed by atoms with Gasteiger partial charge in [-0.25, -0.2) is 4.79 Å². The highest BCUT2D eigenvalue weighted by atomic mass is 16.5.